The topological polar surface area (TPSA) is 41.1 Å². The molecule has 1 fully saturated rings. The Hall–Kier alpha value is -1.69. The van der Waals surface area contributed by atoms with Crippen molar-refractivity contribution >= 4 is 35.3 Å². The molecule has 2 atom stereocenters. The summed E-state index contributed by atoms with van der Waals surface area (Å²) in [5.74, 6) is -1.53. The van der Waals surface area contributed by atoms with E-state index in [9.17, 15) is 13.6 Å². The summed E-state index contributed by atoms with van der Waals surface area (Å²) in [4.78, 5) is 10.8. The van der Waals surface area contributed by atoms with E-state index in [2.05, 4.69) is 10.6 Å². The third-order valence-corrected chi connectivity index (χ3v) is 4.88. The minimum Gasteiger partial charge on any atom is -0.328 e. The van der Waals surface area contributed by atoms with Crippen LogP contribution in [0.5, 0.6) is 0 Å². The van der Waals surface area contributed by atoms with Crippen molar-refractivity contribution in [2.24, 2.45) is 0 Å². The van der Waals surface area contributed by atoms with E-state index < -0.39 is 11.6 Å². The minimum absolute atomic E-state index is 0.0478. The summed E-state index contributed by atoms with van der Waals surface area (Å²) in [6, 6.07) is 7.50. The molecular formula is C17H14Cl2F2N2O. The smallest absolute Gasteiger partial charge is 0.211 e. The van der Waals surface area contributed by atoms with Gasteiger partial charge in [-0.15, -0.1) is 0 Å². The maximum absolute atomic E-state index is 14.4. The SMILES string of the molecule is O=CNc1cc(Cl)c(F)cc1C1CNCC1c1cccc(Cl)c1F. The summed E-state index contributed by atoms with van der Waals surface area (Å²) in [5.41, 5.74) is 1.45. The van der Waals surface area contributed by atoms with Gasteiger partial charge in [-0.3, -0.25) is 4.79 Å². The van der Waals surface area contributed by atoms with Gasteiger partial charge in [-0.2, -0.15) is 0 Å². The van der Waals surface area contributed by atoms with E-state index in [0.29, 0.717) is 36.3 Å². The van der Waals surface area contributed by atoms with Crippen LogP contribution in [0.25, 0.3) is 0 Å². The van der Waals surface area contributed by atoms with Crippen molar-refractivity contribution in [2.75, 3.05) is 18.4 Å². The molecule has 1 aliphatic heterocycles. The predicted molar refractivity (Wildman–Crippen MR) is 90.9 cm³/mol. The van der Waals surface area contributed by atoms with E-state index in [4.69, 9.17) is 23.2 Å². The van der Waals surface area contributed by atoms with Crippen molar-refractivity contribution in [1.82, 2.24) is 5.32 Å². The van der Waals surface area contributed by atoms with Gasteiger partial charge in [0, 0.05) is 30.6 Å². The minimum atomic E-state index is -0.583. The average Bonchev–Trinajstić information content (AvgIpc) is 3.03. The zero-order chi connectivity index (χ0) is 17.3. The van der Waals surface area contributed by atoms with Crippen LogP contribution in [0.4, 0.5) is 14.5 Å². The third kappa shape index (κ3) is 3.11. The summed E-state index contributed by atoms with van der Waals surface area (Å²) in [6.45, 7) is 1.04. The highest BCUT2D eigenvalue weighted by Gasteiger charge is 2.34. The van der Waals surface area contributed by atoms with Crippen LogP contribution in [-0.4, -0.2) is 19.5 Å². The lowest BCUT2D eigenvalue weighted by atomic mass is 9.83. The second-order valence-electron chi connectivity index (χ2n) is 5.63. The number of benzene rings is 2. The second-order valence-corrected chi connectivity index (χ2v) is 6.44. The van der Waals surface area contributed by atoms with Gasteiger partial charge in [0.1, 0.15) is 11.6 Å². The fourth-order valence-electron chi connectivity index (χ4n) is 3.20. The normalized spacial score (nSPS) is 20.2. The van der Waals surface area contributed by atoms with Crippen LogP contribution in [0.3, 0.4) is 0 Å². The van der Waals surface area contributed by atoms with Gasteiger partial charge in [-0.05, 0) is 29.3 Å². The lowest BCUT2D eigenvalue weighted by molar-refractivity contribution is -0.105. The van der Waals surface area contributed by atoms with E-state index in [-0.39, 0.29) is 21.9 Å². The zero-order valence-corrected chi connectivity index (χ0v) is 14.0. The monoisotopic (exact) mass is 370 g/mol. The van der Waals surface area contributed by atoms with Crippen molar-refractivity contribution in [3.8, 4) is 0 Å². The molecule has 24 heavy (non-hydrogen) atoms. The fraction of sp³-hybridized carbons (Fsp3) is 0.235. The molecule has 0 radical (unpaired) electrons. The molecular weight excluding hydrogens is 357 g/mol. The third-order valence-electron chi connectivity index (χ3n) is 4.30. The molecule has 0 spiro atoms. The molecule has 2 aromatic carbocycles. The predicted octanol–water partition coefficient (Wildman–Crippen LogP) is 4.31. The molecule has 7 heteroatoms. The zero-order valence-electron chi connectivity index (χ0n) is 12.5. The summed E-state index contributed by atoms with van der Waals surface area (Å²) < 4.78 is 28.4. The highest BCUT2D eigenvalue weighted by molar-refractivity contribution is 6.31. The Morgan fingerprint density at radius 1 is 1.08 bits per heavy atom. The molecule has 2 aromatic rings. The molecule has 2 unspecified atom stereocenters. The Labute approximate surface area is 148 Å². The number of halogens is 4. The number of amides is 1. The van der Waals surface area contributed by atoms with Gasteiger partial charge in [0.2, 0.25) is 6.41 Å². The van der Waals surface area contributed by atoms with Crippen LogP contribution in [0.2, 0.25) is 10.0 Å². The van der Waals surface area contributed by atoms with Gasteiger partial charge in [0.15, 0.2) is 0 Å². The van der Waals surface area contributed by atoms with Gasteiger partial charge in [-0.1, -0.05) is 35.3 Å². The second kappa shape index (κ2) is 7.05. The summed E-state index contributed by atoms with van der Waals surface area (Å²) in [5, 5.41) is 5.69. The lowest BCUT2D eigenvalue weighted by Crippen LogP contribution is -2.13. The van der Waals surface area contributed by atoms with Crippen molar-refractivity contribution in [3.63, 3.8) is 0 Å². The Bertz CT molecular complexity index is 785. The van der Waals surface area contributed by atoms with Crippen LogP contribution >= 0.6 is 23.2 Å². The first kappa shape index (κ1) is 17.1. The molecule has 1 amide bonds. The van der Waals surface area contributed by atoms with Crippen molar-refractivity contribution in [3.05, 3.63) is 63.1 Å². The van der Waals surface area contributed by atoms with Crippen LogP contribution in [-0.2, 0) is 4.79 Å². The van der Waals surface area contributed by atoms with E-state index in [1.54, 1.807) is 12.1 Å². The molecule has 1 aliphatic rings. The first-order valence-electron chi connectivity index (χ1n) is 7.36. The molecule has 0 saturated carbocycles. The molecule has 1 heterocycles. The Kier molecular flexibility index (Phi) is 5.04. The summed E-state index contributed by atoms with van der Waals surface area (Å²) in [6.07, 6.45) is 0.504. The highest BCUT2D eigenvalue weighted by atomic mass is 35.5. The molecule has 3 rings (SSSR count). The number of carbonyl (C=O) groups excluding carboxylic acids is 1. The van der Waals surface area contributed by atoms with Crippen LogP contribution in [0.15, 0.2) is 30.3 Å². The van der Waals surface area contributed by atoms with Crippen LogP contribution in [0.1, 0.15) is 23.0 Å². The number of nitrogens with one attached hydrogen (secondary N) is 2. The number of rotatable bonds is 4. The van der Waals surface area contributed by atoms with Gasteiger partial charge in [0.05, 0.1) is 10.0 Å². The molecule has 0 aromatic heterocycles. The maximum atomic E-state index is 14.4. The quantitative estimate of drug-likeness (QED) is 0.787. The highest BCUT2D eigenvalue weighted by Crippen LogP contribution is 2.42. The van der Waals surface area contributed by atoms with Gasteiger partial charge in [-0.25, -0.2) is 8.78 Å². The van der Waals surface area contributed by atoms with Crippen molar-refractivity contribution in [1.29, 1.82) is 0 Å². The number of hydrogen-bond donors (Lipinski definition) is 2. The van der Waals surface area contributed by atoms with E-state index >= 15 is 0 Å². The molecule has 126 valence electrons. The van der Waals surface area contributed by atoms with Crippen molar-refractivity contribution in [2.45, 2.75) is 11.8 Å². The molecule has 0 aliphatic carbocycles. The van der Waals surface area contributed by atoms with E-state index in [0.717, 1.165) is 0 Å². The molecule has 1 saturated heterocycles. The number of anilines is 1. The fourth-order valence-corrected chi connectivity index (χ4v) is 3.54. The average molecular weight is 371 g/mol. The number of hydrogen-bond acceptors (Lipinski definition) is 2. The van der Waals surface area contributed by atoms with Gasteiger partial charge >= 0.3 is 0 Å². The van der Waals surface area contributed by atoms with E-state index in [1.807, 2.05) is 0 Å². The molecule has 3 nitrogen and oxygen atoms in total. The lowest BCUT2D eigenvalue weighted by Gasteiger charge is -2.23. The standard InChI is InChI=1S/C17H14Cl2F2N2O/c18-13-3-1-2-9(17(13)21)11-6-22-7-12(11)10-4-15(20)14(19)5-16(10)23-8-24/h1-5,8,11-12,22H,6-7H2,(H,23,24). The van der Waals surface area contributed by atoms with Crippen molar-refractivity contribution < 1.29 is 13.6 Å². The summed E-state index contributed by atoms with van der Waals surface area (Å²) >= 11 is 11.7. The summed E-state index contributed by atoms with van der Waals surface area (Å²) in [7, 11) is 0. The van der Waals surface area contributed by atoms with E-state index in [1.165, 1.54) is 18.2 Å². The first-order chi connectivity index (χ1) is 11.5. The van der Waals surface area contributed by atoms with Gasteiger partial charge < -0.3 is 10.6 Å². The Morgan fingerprint density at radius 2 is 1.79 bits per heavy atom. The largest absolute Gasteiger partial charge is 0.328 e. The Morgan fingerprint density at radius 3 is 2.50 bits per heavy atom. The van der Waals surface area contributed by atoms with Crippen LogP contribution in [0, 0.1) is 11.6 Å². The molecule has 2 N–H and O–H groups in total. The van der Waals surface area contributed by atoms with Crippen LogP contribution < -0.4 is 10.6 Å². The van der Waals surface area contributed by atoms with Gasteiger partial charge in [0.25, 0.3) is 0 Å². The number of carbonyl (C=O) groups is 1. The first-order valence-corrected chi connectivity index (χ1v) is 8.12. The Balaban J connectivity index is 2.06. The maximum Gasteiger partial charge on any atom is 0.211 e. The molecule has 0 bridgehead atoms.